The van der Waals surface area contributed by atoms with Gasteiger partial charge in [0.2, 0.25) is 0 Å². The van der Waals surface area contributed by atoms with Gasteiger partial charge >= 0.3 is 29.6 Å². The average molecular weight is 596 g/mol. The van der Waals surface area contributed by atoms with Crippen LogP contribution < -0.4 is 44.7 Å². The molecule has 13 heteroatoms. The van der Waals surface area contributed by atoms with Gasteiger partial charge in [-0.2, -0.15) is 18.6 Å². The minimum Gasteiger partial charge on any atom is -0.870 e. The Kier molecular flexibility index (Phi) is 10.0. The maximum atomic E-state index is 13.5. The number of carbonyl (C=O) groups is 1. The topological polar surface area (TPSA) is 140 Å². The largest absolute Gasteiger partial charge is 1.00 e. The molecule has 0 bridgehead atoms. The minimum absolute atomic E-state index is 0. The van der Waals surface area contributed by atoms with Gasteiger partial charge in [0.1, 0.15) is 10.6 Å². The van der Waals surface area contributed by atoms with Crippen molar-refractivity contribution in [3.05, 3.63) is 81.8 Å². The summed E-state index contributed by atoms with van der Waals surface area (Å²) in [5.74, 6) is -1.07. The number of halogens is 2. The molecule has 4 aromatic carbocycles. The van der Waals surface area contributed by atoms with E-state index >= 15 is 0 Å². The number of azo groups is 1. The molecule has 0 saturated carbocycles. The molecule has 0 aliphatic carbocycles. The molecule has 0 aliphatic rings. The maximum Gasteiger partial charge on any atom is 1.00 e. The van der Waals surface area contributed by atoms with Crippen molar-refractivity contribution in [3.63, 3.8) is 0 Å². The minimum atomic E-state index is -4.63. The first-order valence-electron chi connectivity index (χ1n) is 11.1. The Morgan fingerprint density at radius 2 is 1.79 bits per heavy atom. The third-order valence-corrected chi connectivity index (χ3v) is 7.23. The second-order valence-electron chi connectivity index (χ2n) is 8.06. The second kappa shape index (κ2) is 12.6. The Balaban J connectivity index is 0.00000420. The Morgan fingerprint density at radius 1 is 1.08 bits per heavy atom. The summed E-state index contributed by atoms with van der Waals surface area (Å²) >= 11 is 12.1. The van der Waals surface area contributed by atoms with Gasteiger partial charge in [-0.15, -0.1) is 0 Å². The van der Waals surface area contributed by atoms with Crippen LogP contribution in [0.3, 0.4) is 0 Å². The number of aryl methyl sites for hydroxylation is 1. The fourth-order valence-electron chi connectivity index (χ4n) is 3.81. The molecule has 2 N–H and O–H groups in total. The molecule has 1 amide bonds. The molecule has 0 saturated heterocycles. The van der Waals surface area contributed by atoms with E-state index in [-0.39, 0.29) is 57.2 Å². The van der Waals surface area contributed by atoms with Crippen molar-refractivity contribution in [1.82, 2.24) is 0 Å². The number of hydrogen-bond acceptors (Lipinski definition) is 7. The summed E-state index contributed by atoms with van der Waals surface area (Å²) in [6, 6.07) is 15.3. The first-order valence-corrected chi connectivity index (χ1v) is 13.3. The van der Waals surface area contributed by atoms with Crippen LogP contribution in [0.15, 0.2) is 75.8 Å². The van der Waals surface area contributed by atoms with E-state index in [2.05, 4.69) is 15.5 Å². The van der Waals surface area contributed by atoms with Crippen molar-refractivity contribution in [2.75, 3.05) is 12.4 Å². The number of anilines is 1. The number of amides is 1. The Labute approximate surface area is 256 Å². The first-order chi connectivity index (χ1) is 18.0. The second-order valence-corrected chi connectivity index (χ2v) is 10.3. The number of hydrogen-bond donors (Lipinski definition) is 2. The summed E-state index contributed by atoms with van der Waals surface area (Å²) in [5.41, 5.74) is 0.561. The van der Waals surface area contributed by atoms with Crippen molar-refractivity contribution in [1.29, 1.82) is 0 Å². The van der Waals surface area contributed by atoms with Crippen LogP contribution in [0.1, 0.15) is 22.8 Å². The van der Waals surface area contributed by atoms with Crippen LogP contribution in [-0.2, 0) is 16.5 Å². The van der Waals surface area contributed by atoms with E-state index < -0.39 is 26.7 Å². The molecule has 0 fully saturated rings. The van der Waals surface area contributed by atoms with Gasteiger partial charge in [0.05, 0.1) is 29.2 Å². The molecule has 4 aromatic rings. The van der Waals surface area contributed by atoms with Gasteiger partial charge < -0.3 is 15.2 Å². The van der Waals surface area contributed by atoms with Crippen molar-refractivity contribution in [2.45, 2.75) is 18.2 Å². The predicted octanol–water partition coefficient (Wildman–Crippen LogP) is 3.71. The van der Waals surface area contributed by atoms with Crippen molar-refractivity contribution in [3.8, 4) is 11.5 Å². The molecule has 0 radical (unpaired) electrons. The van der Waals surface area contributed by atoms with Gasteiger partial charge in [-0.25, -0.2) is 0 Å². The van der Waals surface area contributed by atoms with E-state index in [4.69, 9.17) is 27.9 Å². The van der Waals surface area contributed by atoms with E-state index in [1.807, 2.05) is 0 Å². The third kappa shape index (κ3) is 6.72. The Hall–Kier alpha value is -2.70. The van der Waals surface area contributed by atoms with Gasteiger partial charge in [0, 0.05) is 16.0 Å². The Morgan fingerprint density at radius 3 is 2.46 bits per heavy atom. The monoisotopic (exact) mass is 595 g/mol. The number of nitrogens with one attached hydrogen (secondary N) is 1. The van der Waals surface area contributed by atoms with Gasteiger partial charge in [-0.1, -0.05) is 60.1 Å². The van der Waals surface area contributed by atoms with Crippen molar-refractivity contribution in [2.24, 2.45) is 10.2 Å². The van der Waals surface area contributed by atoms with Crippen LogP contribution in [0.5, 0.6) is 11.5 Å². The predicted molar refractivity (Wildman–Crippen MR) is 144 cm³/mol. The number of benzene rings is 4. The summed E-state index contributed by atoms with van der Waals surface area (Å²) in [4.78, 5) is 12.6. The summed E-state index contributed by atoms with van der Waals surface area (Å²) in [6.07, 6.45) is 0.411. The number of rotatable bonds is 7. The summed E-state index contributed by atoms with van der Waals surface area (Å²) in [7, 11) is -3.20. The average Bonchev–Trinajstić information content (AvgIpc) is 2.87. The number of methoxy groups -OCH3 is 1. The fraction of sp³-hybridized carbons (Fsp3) is 0.115. The van der Waals surface area contributed by atoms with Crippen LogP contribution >= 0.6 is 23.2 Å². The smallest absolute Gasteiger partial charge is 0.870 e. The van der Waals surface area contributed by atoms with Gasteiger partial charge in [-0.3, -0.25) is 9.35 Å². The molecule has 39 heavy (non-hydrogen) atoms. The molecule has 0 aromatic heterocycles. The summed E-state index contributed by atoms with van der Waals surface area (Å²) in [6.45, 7) is 1.79. The van der Waals surface area contributed by atoms with E-state index in [0.29, 0.717) is 33.5 Å². The van der Waals surface area contributed by atoms with Crippen molar-refractivity contribution < 1.29 is 57.2 Å². The molecular formula is C26H20Cl2N3NaO6S. The van der Waals surface area contributed by atoms with Gasteiger partial charge in [0.15, 0.2) is 0 Å². The maximum absolute atomic E-state index is 13.5. The Bertz CT molecular complexity index is 1710. The molecule has 4 rings (SSSR count). The normalized spacial score (nSPS) is 11.4. The fourth-order valence-corrected chi connectivity index (χ4v) is 5.02. The number of nitrogens with zero attached hydrogens (tertiary/aromatic N) is 2. The van der Waals surface area contributed by atoms with E-state index in [9.17, 15) is 22.9 Å². The summed E-state index contributed by atoms with van der Waals surface area (Å²) < 4.78 is 38.2. The van der Waals surface area contributed by atoms with Gasteiger partial charge in [-0.05, 0) is 53.8 Å². The van der Waals surface area contributed by atoms with Gasteiger partial charge in [0.25, 0.3) is 16.0 Å². The summed E-state index contributed by atoms with van der Waals surface area (Å²) in [5, 5.41) is 25.5. The van der Waals surface area contributed by atoms with E-state index in [1.165, 1.54) is 25.3 Å². The molecule has 0 spiro atoms. The van der Waals surface area contributed by atoms with Crippen LogP contribution in [0, 0.1) is 0 Å². The SMILES string of the molecule is CCc1cc(Cl)c(S(=O)(=O)O)cc1N=Nc1c([O-])c(C(=O)Nc2cc(Cl)ccc2OC)cc2ccccc12.[Na+]. The molecule has 9 nitrogen and oxygen atoms in total. The van der Waals surface area contributed by atoms with E-state index in [0.717, 1.165) is 6.07 Å². The molecule has 0 unspecified atom stereocenters. The van der Waals surface area contributed by atoms with E-state index in [1.54, 1.807) is 43.3 Å². The molecule has 196 valence electrons. The number of fused-ring (bicyclic) bond motifs is 1. The molecule has 0 heterocycles. The number of ether oxygens (including phenoxy) is 1. The molecule has 0 aliphatic heterocycles. The molecular weight excluding hydrogens is 576 g/mol. The van der Waals surface area contributed by atoms with Crippen LogP contribution in [0.2, 0.25) is 10.0 Å². The standard InChI is InChI=1S/C26H21Cl2N3O6S.Na/c1-3-14-11-19(28)23(38(34,35)36)13-20(14)30-31-24-17-7-5-4-6-15(17)10-18(25(24)32)26(33)29-21-12-16(27)8-9-22(21)37-2;/h4-13,32H,3H2,1-2H3,(H,29,33)(H,34,35,36);/q;+1/p-1. The van der Waals surface area contributed by atoms with Crippen LogP contribution in [0.4, 0.5) is 17.1 Å². The van der Waals surface area contributed by atoms with Crippen LogP contribution in [0.25, 0.3) is 10.8 Å². The zero-order chi connectivity index (χ0) is 27.6. The van der Waals surface area contributed by atoms with Crippen LogP contribution in [-0.4, -0.2) is 26.0 Å². The third-order valence-electron chi connectivity index (χ3n) is 5.68. The van der Waals surface area contributed by atoms with Crippen molar-refractivity contribution >= 4 is 67.1 Å². The zero-order valence-corrected chi connectivity index (χ0v) is 25.4. The quantitative estimate of drug-likeness (QED) is 0.189. The molecule has 0 atom stereocenters. The number of carbonyl (C=O) groups excluding carboxylic acids is 1. The first kappa shape index (κ1) is 30.8. The zero-order valence-electron chi connectivity index (χ0n) is 21.0.